The molecule has 4 aromatic rings. The lowest BCUT2D eigenvalue weighted by Gasteiger charge is -2.28. The molecule has 0 bridgehead atoms. The minimum atomic E-state index is -0.151. The largest absolute Gasteiger partial charge is 0.505 e. The van der Waals surface area contributed by atoms with E-state index in [1.165, 1.54) is 0 Å². The van der Waals surface area contributed by atoms with Gasteiger partial charge in [0, 0.05) is 23.8 Å². The van der Waals surface area contributed by atoms with Crippen LogP contribution in [0.2, 0.25) is 10.0 Å². The summed E-state index contributed by atoms with van der Waals surface area (Å²) >= 11 is 12.3. The molecule has 35 heavy (non-hydrogen) atoms. The lowest BCUT2D eigenvalue weighted by Crippen LogP contribution is -2.31. The third kappa shape index (κ3) is 4.72. The maximum absolute atomic E-state index is 11.9. The van der Waals surface area contributed by atoms with Gasteiger partial charge in [0.25, 0.3) is 0 Å². The summed E-state index contributed by atoms with van der Waals surface area (Å²) in [5.41, 5.74) is 4.20. The van der Waals surface area contributed by atoms with Crippen LogP contribution >= 0.6 is 23.2 Å². The number of phenols is 1. The summed E-state index contributed by atoms with van der Waals surface area (Å²) in [6.07, 6.45) is 10.5. The van der Waals surface area contributed by atoms with Crippen molar-refractivity contribution in [2.75, 3.05) is 12.4 Å². The number of carbonyl (C=O) groups is 1. The predicted molar refractivity (Wildman–Crippen MR) is 140 cm³/mol. The number of halogens is 2. The highest BCUT2D eigenvalue weighted by atomic mass is 35.5. The minimum Gasteiger partial charge on any atom is -0.505 e. The monoisotopic (exact) mass is 509 g/mol. The molecule has 0 saturated heterocycles. The Balaban J connectivity index is 1.49. The molecular weight excluding hydrogens is 485 g/mol. The van der Waals surface area contributed by atoms with Gasteiger partial charge in [-0.1, -0.05) is 29.3 Å². The van der Waals surface area contributed by atoms with Gasteiger partial charge < -0.3 is 15.7 Å². The van der Waals surface area contributed by atoms with Gasteiger partial charge in [0.1, 0.15) is 0 Å². The molecule has 0 atom stereocenters. The van der Waals surface area contributed by atoms with E-state index < -0.39 is 0 Å². The molecule has 0 aliphatic heterocycles. The number of hydrogen-bond donors (Lipinski definition) is 3. The molecule has 0 spiro atoms. The normalized spacial score (nSPS) is 18.0. The second kappa shape index (κ2) is 9.85. The number of carbonyl (C=O) groups excluding carboxylic acids is 1. The van der Waals surface area contributed by atoms with Gasteiger partial charge in [-0.2, -0.15) is 5.10 Å². The van der Waals surface area contributed by atoms with E-state index in [2.05, 4.69) is 20.7 Å². The zero-order valence-corrected chi connectivity index (χ0v) is 20.6. The molecule has 1 fully saturated rings. The molecule has 0 radical (unpaired) electrons. The molecule has 7 nitrogen and oxygen atoms in total. The number of aromatic hydroxyl groups is 1. The van der Waals surface area contributed by atoms with Crippen LogP contribution in [0.1, 0.15) is 42.1 Å². The van der Waals surface area contributed by atoms with Crippen molar-refractivity contribution in [1.82, 2.24) is 20.1 Å². The summed E-state index contributed by atoms with van der Waals surface area (Å²) in [6, 6.07) is 9.96. The lowest BCUT2D eigenvalue weighted by molar-refractivity contribution is 0.112. The molecule has 9 heteroatoms. The van der Waals surface area contributed by atoms with Crippen LogP contribution in [0.25, 0.3) is 22.0 Å². The molecule has 0 amide bonds. The molecule has 1 aliphatic carbocycles. The fraction of sp³-hybridized carbons (Fsp3) is 0.269. The van der Waals surface area contributed by atoms with Gasteiger partial charge in [-0.05, 0) is 68.1 Å². The Hall–Kier alpha value is -3.13. The number of nitrogens with one attached hydrogen (secondary N) is 2. The molecule has 3 N–H and O–H groups in total. The first-order chi connectivity index (χ1) is 17.0. The molecular formula is C26H25Cl2N5O2. The number of benzene rings is 2. The summed E-state index contributed by atoms with van der Waals surface area (Å²) in [6.45, 7) is 0. The van der Waals surface area contributed by atoms with Crippen LogP contribution in [0.4, 0.5) is 11.4 Å². The highest BCUT2D eigenvalue weighted by Gasteiger charge is 2.22. The summed E-state index contributed by atoms with van der Waals surface area (Å²) in [4.78, 5) is 16.3. The number of anilines is 2. The van der Waals surface area contributed by atoms with Crippen molar-refractivity contribution >= 4 is 51.8 Å². The van der Waals surface area contributed by atoms with E-state index in [-0.39, 0.29) is 15.8 Å². The standard InChI is InChI=1S/C26H25Cl2N5O2/c1-29-18-3-5-20(6-4-18)33-13-19(12-31-33)32-25-17(14-34)11-30-24-7-2-15(8-21(24)25)16-9-22(27)26(35)23(28)10-16/h2,7-14,18,20,29,35H,3-6H2,1H3,(H,30,32)/t18-,20-. The average molecular weight is 510 g/mol. The second-order valence-corrected chi connectivity index (χ2v) is 9.67. The SMILES string of the molecule is CN[C@H]1CC[C@H](n2cc(Nc3c(C=O)cnc4ccc(-c5cc(Cl)c(O)c(Cl)c5)cc34)cn2)CC1. The van der Waals surface area contributed by atoms with E-state index >= 15 is 0 Å². The Morgan fingerprint density at radius 1 is 1.06 bits per heavy atom. The van der Waals surface area contributed by atoms with Crippen molar-refractivity contribution in [1.29, 1.82) is 0 Å². The van der Waals surface area contributed by atoms with E-state index in [1.807, 2.05) is 36.1 Å². The van der Waals surface area contributed by atoms with E-state index in [4.69, 9.17) is 23.2 Å². The minimum absolute atomic E-state index is 0.151. The van der Waals surface area contributed by atoms with Crippen LogP contribution in [0.3, 0.4) is 0 Å². The van der Waals surface area contributed by atoms with Gasteiger partial charge in [0.05, 0.1) is 44.7 Å². The maximum Gasteiger partial charge on any atom is 0.153 e. The summed E-state index contributed by atoms with van der Waals surface area (Å²) in [5.74, 6) is -0.151. The highest BCUT2D eigenvalue weighted by Crippen LogP contribution is 2.38. The number of rotatable bonds is 6. The summed E-state index contributed by atoms with van der Waals surface area (Å²) in [7, 11) is 2.01. The molecule has 2 aromatic heterocycles. The van der Waals surface area contributed by atoms with Crippen LogP contribution in [0.15, 0.2) is 48.9 Å². The molecule has 1 aliphatic rings. The molecule has 2 heterocycles. The van der Waals surface area contributed by atoms with Crippen molar-refractivity contribution in [3.8, 4) is 16.9 Å². The second-order valence-electron chi connectivity index (χ2n) is 8.85. The number of nitrogens with zero attached hydrogens (tertiary/aromatic N) is 3. The topological polar surface area (TPSA) is 92.1 Å². The van der Waals surface area contributed by atoms with Gasteiger partial charge in [-0.15, -0.1) is 0 Å². The highest BCUT2D eigenvalue weighted by molar-refractivity contribution is 6.37. The fourth-order valence-electron chi connectivity index (χ4n) is 4.72. The number of hydrogen-bond acceptors (Lipinski definition) is 6. The van der Waals surface area contributed by atoms with Crippen molar-refractivity contribution in [3.63, 3.8) is 0 Å². The molecule has 1 saturated carbocycles. The number of aldehydes is 1. The first-order valence-electron chi connectivity index (χ1n) is 11.5. The van der Waals surface area contributed by atoms with Crippen LogP contribution in [0, 0.1) is 0 Å². The van der Waals surface area contributed by atoms with Crippen molar-refractivity contribution in [2.45, 2.75) is 37.8 Å². The molecule has 2 aromatic carbocycles. The quantitative estimate of drug-likeness (QED) is 0.261. The molecule has 5 rings (SSSR count). The Morgan fingerprint density at radius 3 is 2.49 bits per heavy atom. The van der Waals surface area contributed by atoms with Crippen molar-refractivity contribution < 1.29 is 9.90 Å². The molecule has 0 unspecified atom stereocenters. The van der Waals surface area contributed by atoms with Gasteiger partial charge >= 0.3 is 0 Å². The molecule has 180 valence electrons. The fourth-order valence-corrected chi connectivity index (χ4v) is 5.21. The number of fused-ring (bicyclic) bond motifs is 1. The van der Waals surface area contributed by atoms with Gasteiger partial charge in [0.15, 0.2) is 12.0 Å². The first kappa shape index (κ1) is 23.6. The lowest BCUT2D eigenvalue weighted by atomic mass is 9.91. The Labute approximate surface area is 213 Å². The number of aromatic nitrogens is 3. The van der Waals surface area contributed by atoms with Gasteiger partial charge in [-0.3, -0.25) is 14.5 Å². The zero-order chi connectivity index (χ0) is 24.5. The van der Waals surface area contributed by atoms with Crippen molar-refractivity contribution in [2.24, 2.45) is 0 Å². The summed E-state index contributed by atoms with van der Waals surface area (Å²) in [5, 5.41) is 22.4. The van der Waals surface area contributed by atoms with Crippen LogP contribution in [-0.2, 0) is 0 Å². The van der Waals surface area contributed by atoms with Crippen molar-refractivity contribution in [3.05, 3.63) is 64.5 Å². The van der Waals surface area contributed by atoms with Crippen LogP contribution in [0.5, 0.6) is 5.75 Å². The Morgan fingerprint density at radius 2 is 1.80 bits per heavy atom. The van der Waals surface area contributed by atoms with Crippen LogP contribution in [-0.4, -0.2) is 39.2 Å². The average Bonchev–Trinajstić information content (AvgIpc) is 3.35. The number of pyridine rings is 1. The number of phenolic OH excluding ortho intramolecular Hbond substituents is 1. The van der Waals surface area contributed by atoms with Gasteiger partial charge in [-0.25, -0.2) is 0 Å². The third-order valence-corrected chi connectivity index (χ3v) is 7.30. The zero-order valence-electron chi connectivity index (χ0n) is 19.1. The van der Waals surface area contributed by atoms with E-state index in [1.54, 1.807) is 24.5 Å². The van der Waals surface area contributed by atoms with Crippen LogP contribution < -0.4 is 10.6 Å². The third-order valence-electron chi connectivity index (χ3n) is 6.72. The van der Waals surface area contributed by atoms with Gasteiger partial charge in [0.2, 0.25) is 0 Å². The van der Waals surface area contributed by atoms with E-state index in [0.717, 1.165) is 59.7 Å². The van der Waals surface area contributed by atoms with E-state index in [9.17, 15) is 9.90 Å². The first-order valence-corrected chi connectivity index (χ1v) is 12.3. The Kier molecular flexibility index (Phi) is 6.65. The van der Waals surface area contributed by atoms with E-state index in [0.29, 0.717) is 23.3 Å². The predicted octanol–water partition coefficient (Wildman–Crippen LogP) is 6.37. The Bertz CT molecular complexity index is 1370. The smallest absolute Gasteiger partial charge is 0.153 e. The maximum atomic E-state index is 11.9. The summed E-state index contributed by atoms with van der Waals surface area (Å²) < 4.78 is 2.02.